The van der Waals surface area contributed by atoms with Crippen LogP contribution in [0.3, 0.4) is 0 Å². The van der Waals surface area contributed by atoms with Crippen LogP contribution in [-0.4, -0.2) is 51.6 Å². The fourth-order valence-corrected chi connectivity index (χ4v) is 3.20. The van der Waals surface area contributed by atoms with E-state index in [2.05, 4.69) is 36.2 Å². The Bertz CT molecular complexity index is 875. The zero-order valence-corrected chi connectivity index (χ0v) is 21.7. The molecule has 5 nitrogen and oxygen atoms in total. The molecule has 0 atom stereocenters. The Hall–Kier alpha value is -3.40. The summed E-state index contributed by atoms with van der Waals surface area (Å²) < 4.78 is 18.6. The van der Waals surface area contributed by atoms with Gasteiger partial charge < -0.3 is 25.5 Å². The zero-order valence-electron chi connectivity index (χ0n) is 21.7. The van der Waals surface area contributed by atoms with Crippen LogP contribution in [0.25, 0.3) is 11.1 Å². The predicted octanol–water partition coefficient (Wildman–Crippen LogP) is 5.67. The fraction of sp³-hybridized carbons (Fsp3) is 0.345. The Labute approximate surface area is 211 Å². The number of nitrogens with one attached hydrogen (secondary N) is 1. The number of benzene rings is 2. The summed E-state index contributed by atoms with van der Waals surface area (Å²) in [5.41, 5.74) is 10.5. The molecule has 0 spiro atoms. The van der Waals surface area contributed by atoms with Crippen LogP contribution in [-0.2, 0) is 9.53 Å². The van der Waals surface area contributed by atoms with Crippen molar-refractivity contribution in [2.24, 2.45) is 5.73 Å². The highest BCUT2D eigenvalue weighted by Gasteiger charge is 2.16. The van der Waals surface area contributed by atoms with Crippen LogP contribution < -0.4 is 11.1 Å². The van der Waals surface area contributed by atoms with Gasteiger partial charge in [-0.05, 0) is 49.9 Å². The molecule has 0 bridgehead atoms. The van der Waals surface area contributed by atoms with Crippen LogP contribution in [0, 0.1) is 25.6 Å². The van der Waals surface area contributed by atoms with E-state index >= 15 is 0 Å². The van der Waals surface area contributed by atoms with Crippen LogP contribution in [0.5, 0.6) is 0 Å². The van der Waals surface area contributed by atoms with E-state index in [9.17, 15) is 4.39 Å². The van der Waals surface area contributed by atoms with Crippen LogP contribution in [0.1, 0.15) is 25.3 Å². The highest BCUT2D eigenvalue weighted by Crippen LogP contribution is 2.24. The maximum Gasteiger partial charge on any atom is 0.146 e. The smallest absolute Gasteiger partial charge is 0.146 e. The third-order valence-corrected chi connectivity index (χ3v) is 4.89. The predicted molar refractivity (Wildman–Crippen MR) is 149 cm³/mol. The molecule has 0 aromatic heterocycles. The lowest BCUT2D eigenvalue weighted by Gasteiger charge is -2.32. The van der Waals surface area contributed by atoms with E-state index in [1.54, 1.807) is 32.4 Å². The number of piperidine rings is 1. The molecule has 2 aromatic carbocycles. The minimum atomic E-state index is -0.221. The Morgan fingerprint density at radius 3 is 2.20 bits per heavy atom. The summed E-state index contributed by atoms with van der Waals surface area (Å²) in [6, 6.07) is 13.7. The first-order chi connectivity index (χ1) is 16.9. The number of carbonyl (C=O) groups is 1. The van der Waals surface area contributed by atoms with E-state index < -0.39 is 0 Å². The molecule has 3 rings (SSSR count). The second-order valence-electron chi connectivity index (χ2n) is 7.55. The number of anilines is 1. The number of terminal acetylenes is 1. The van der Waals surface area contributed by atoms with Gasteiger partial charge in [-0.15, -0.1) is 19.4 Å². The van der Waals surface area contributed by atoms with Crippen LogP contribution in [0.4, 0.5) is 10.1 Å². The Morgan fingerprint density at radius 1 is 1.20 bits per heavy atom. The monoisotopic (exact) mass is 483 g/mol. The van der Waals surface area contributed by atoms with Crippen molar-refractivity contribution in [2.45, 2.75) is 32.7 Å². The minimum absolute atomic E-state index is 0.221. The minimum Gasteiger partial charge on any atom is -0.386 e. The second kappa shape index (κ2) is 21.2. The molecule has 3 N–H and O–H groups in total. The van der Waals surface area contributed by atoms with Crippen molar-refractivity contribution in [1.82, 2.24) is 4.90 Å². The van der Waals surface area contributed by atoms with Crippen molar-refractivity contribution < 1.29 is 13.9 Å². The average molecular weight is 484 g/mol. The molecule has 6 heteroatoms. The number of allylic oxidation sites excluding steroid dienone is 1. The van der Waals surface area contributed by atoms with Gasteiger partial charge in [-0.25, -0.2) is 4.39 Å². The first-order valence-electron chi connectivity index (χ1n) is 11.3. The van der Waals surface area contributed by atoms with Gasteiger partial charge in [0.1, 0.15) is 12.6 Å². The van der Waals surface area contributed by atoms with Gasteiger partial charge >= 0.3 is 0 Å². The highest BCUT2D eigenvalue weighted by molar-refractivity contribution is 5.67. The number of carbonyl (C=O) groups excluding carboxylic acids is 1. The first-order valence-corrected chi connectivity index (χ1v) is 11.3. The molecule has 1 fully saturated rings. The number of hydrogen-bond donors (Lipinski definition) is 2. The summed E-state index contributed by atoms with van der Waals surface area (Å²) in [6.07, 6.45) is 11.9. The van der Waals surface area contributed by atoms with Crippen molar-refractivity contribution in [1.29, 1.82) is 0 Å². The van der Waals surface area contributed by atoms with Crippen LogP contribution in [0.2, 0.25) is 0 Å². The average Bonchev–Trinajstić information content (AvgIpc) is 2.88. The van der Waals surface area contributed by atoms with Crippen molar-refractivity contribution in [3.63, 3.8) is 0 Å². The standard InChI is InChI=1S/C14H14FN.C9H18N2O.C3H6.C2H2.CH2O/c1-10-4-3-5-11(8-10)12-6-7-14(16-2)13(15)9-12;1-8(7-12-2)11-5-3-9(10)4-6-11;1-3-2;2*1-2/h3-9,16H,1-2H3;9H,1,3-7,10H2,2H3;3H,1H2,2H3;1-2H;1H2. The summed E-state index contributed by atoms with van der Waals surface area (Å²) in [5, 5.41) is 2.81. The van der Waals surface area contributed by atoms with Gasteiger partial charge in [-0.3, -0.25) is 0 Å². The normalized spacial score (nSPS) is 11.9. The summed E-state index contributed by atoms with van der Waals surface area (Å²) in [7, 11) is 3.41. The van der Waals surface area contributed by atoms with E-state index in [1.807, 2.05) is 51.0 Å². The topological polar surface area (TPSA) is 67.6 Å². The van der Waals surface area contributed by atoms with E-state index in [1.165, 1.54) is 5.56 Å². The molecular weight excluding hydrogens is 441 g/mol. The van der Waals surface area contributed by atoms with Gasteiger partial charge in [0.25, 0.3) is 0 Å². The zero-order chi connectivity index (χ0) is 27.2. The Balaban J connectivity index is 0. The molecule has 0 saturated carbocycles. The fourth-order valence-electron chi connectivity index (χ4n) is 3.20. The van der Waals surface area contributed by atoms with Crippen LogP contribution >= 0.6 is 0 Å². The third-order valence-electron chi connectivity index (χ3n) is 4.89. The maximum absolute atomic E-state index is 13.6. The summed E-state index contributed by atoms with van der Waals surface area (Å²) >= 11 is 0. The van der Waals surface area contributed by atoms with Crippen molar-refractivity contribution in [3.8, 4) is 24.0 Å². The van der Waals surface area contributed by atoms with Crippen molar-refractivity contribution in [3.05, 3.63) is 78.8 Å². The van der Waals surface area contributed by atoms with Gasteiger partial charge in [0, 0.05) is 39.0 Å². The molecule has 2 aromatic rings. The molecular formula is C29H42FN3O2. The Kier molecular flexibility index (Phi) is 20.4. The molecule has 0 radical (unpaired) electrons. The number of nitrogens with two attached hydrogens (primary N) is 1. The SMILES string of the molecule is C#C.C=C(COC)N1CCC(N)CC1.C=CC.C=O.CNc1ccc(-c2cccc(C)c2)cc1F. The number of likely N-dealkylation sites (tertiary alicyclic amines) is 1. The number of halogens is 1. The number of aryl methyl sites for hydroxylation is 1. The summed E-state index contributed by atoms with van der Waals surface area (Å²) in [5.74, 6) is -0.221. The molecule has 1 heterocycles. The molecule has 35 heavy (non-hydrogen) atoms. The third kappa shape index (κ3) is 13.8. The van der Waals surface area contributed by atoms with E-state index in [-0.39, 0.29) is 5.82 Å². The second-order valence-corrected chi connectivity index (χ2v) is 7.55. The molecule has 1 aliphatic heterocycles. The lowest BCUT2D eigenvalue weighted by Crippen LogP contribution is -2.39. The molecule has 1 aliphatic rings. The maximum atomic E-state index is 13.6. The quantitative estimate of drug-likeness (QED) is 0.424. The van der Waals surface area contributed by atoms with Crippen molar-refractivity contribution in [2.75, 3.05) is 39.2 Å². The summed E-state index contributed by atoms with van der Waals surface area (Å²) in [4.78, 5) is 10.3. The number of ether oxygens (including phenoxy) is 1. The van der Waals surface area contributed by atoms with E-state index in [0.717, 1.165) is 42.8 Å². The lowest BCUT2D eigenvalue weighted by atomic mass is 10.0. The largest absolute Gasteiger partial charge is 0.386 e. The number of rotatable bonds is 5. The van der Waals surface area contributed by atoms with Gasteiger partial charge in [0.15, 0.2) is 0 Å². The van der Waals surface area contributed by atoms with E-state index in [4.69, 9.17) is 15.3 Å². The molecule has 0 aliphatic carbocycles. The molecule has 0 unspecified atom stereocenters. The molecule has 1 saturated heterocycles. The highest BCUT2D eigenvalue weighted by atomic mass is 19.1. The van der Waals surface area contributed by atoms with Gasteiger partial charge in [0.2, 0.25) is 0 Å². The Morgan fingerprint density at radius 2 is 1.74 bits per heavy atom. The van der Waals surface area contributed by atoms with Gasteiger partial charge in [0.05, 0.1) is 12.3 Å². The summed E-state index contributed by atoms with van der Waals surface area (Å²) in [6.45, 7) is 15.9. The number of methoxy groups -OCH3 is 1. The van der Waals surface area contributed by atoms with Crippen molar-refractivity contribution >= 4 is 12.5 Å². The number of hydrogen-bond acceptors (Lipinski definition) is 5. The van der Waals surface area contributed by atoms with Gasteiger partial charge in [-0.2, -0.15) is 0 Å². The van der Waals surface area contributed by atoms with Gasteiger partial charge in [-0.1, -0.05) is 48.6 Å². The number of nitrogens with zero attached hydrogens (tertiary/aromatic N) is 1. The molecule has 0 amide bonds. The van der Waals surface area contributed by atoms with E-state index in [0.29, 0.717) is 18.3 Å². The molecule has 192 valence electrons. The first kappa shape index (κ1) is 33.8. The van der Waals surface area contributed by atoms with Crippen LogP contribution in [0.15, 0.2) is 67.4 Å². The lowest BCUT2D eigenvalue weighted by molar-refractivity contribution is -0.0979.